The van der Waals surface area contributed by atoms with Crippen LogP contribution in [0.2, 0.25) is 5.02 Å². The van der Waals surface area contributed by atoms with E-state index in [1.807, 2.05) is 31.2 Å². The summed E-state index contributed by atoms with van der Waals surface area (Å²) in [6.45, 7) is 2.71. The van der Waals surface area contributed by atoms with Crippen molar-refractivity contribution in [2.24, 2.45) is 0 Å². The van der Waals surface area contributed by atoms with Crippen LogP contribution in [0.4, 0.5) is 14.9 Å². The van der Waals surface area contributed by atoms with E-state index in [2.05, 4.69) is 5.32 Å². The van der Waals surface area contributed by atoms with Crippen molar-refractivity contribution in [2.75, 3.05) is 17.6 Å². The number of carbonyl (C=O) groups is 1. The highest BCUT2D eigenvalue weighted by Gasteiger charge is 2.30. The molecule has 1 aliphatic heterocycles. The first-order valence-electron chi connectivity index (χ1n) is 7.25. The van der Waals surface area contributed by atoms with Gasteiger partial charge >= 0.3 is 6.03 Å². The van der Waals surface area contributed by atoms with Gasteiger partial charge in [-0.1, -0.05) is 41.4 Å². The molecule has 0 aliphatic carbocycles. The first kappa shape index (κ1) is 16.1. The molecule has 0 spiro atoms. The Kier molecular flexibility index (Phi) is 4.78. The molecule has 0 radical (unpaired) electrons. The van der Waals surface area contributed by atoms with Crippen LogP contribution in [0, 0.1) is 12.7 Å². The number of urea groups is 1. The molecule has 1 heterocycles. The maximum atomic E-state index is 13.2. The Balaban J connectivity index is 1.75. The minimum absolute atomic E-state index is 0.00585. The van der Waals surface area contributed by atoms with E-state index in [1.54, 1.807) is 16.7 Å². The van der Waals surface area contributed by atoms with E-state index < -0.39 is 5.82 Å². The number of thioether (sulfide) groups is 1. The van der Waals surface area contributed by atoms with Gasteiger partial charge in [0.25, 0.3) is 0 Å². The van der Waals surface area contributed by atoms with Crippen LogP contribution in [0.15, 0.2) is 42.5 Å². The van der Waals surface area contributed by atoms with Crippen LogP contribution < -0.4 is 5.32 Å². The van der Waals surface area contributed by atoms with Crippen LogP contribution in [-0.2, 0) is 0 Å². The average molecular weight is 351 g/mol. The minimum atomic E-state index is -0.501. The number of hydrogen-bond donors (Lipinski definition) is 1. The maximum absolute atomic E-state index is 13.2. The summed E-state index contributed by atoms with van der Waals surface area (Å²) in [6.07, 6.45) is 0. The third kappa shape index (κ3) is 3.62. The Morgan fingerprint density at radius 3 is 2.74 bits per heavy atom. The summed E-state index contributed by atoms with van der Waals surface area (Å²) in [6, 6.07) is 12.1. The van der Waals surface area contributed by atoms with Crippen molar-refractivity contribution in [3.8, 4) is 0 Å². The average Bonchev–Trinajstić information content (AvgIpc) is 3.01. The lowest BCUT2D eigenvalue weighted by molar-refractivity contribution is 0.214. The van der Waals surface area contributed by atoms with E-state index >= 15 is 0 Å². The number of amides is 2. The van der Waals surface area contributed by atoms with Gasteiger partial charge in [0.15, 0.2) is 0 Å². The van der Waals surface area contributed by atoms with Gasteiger partial charge in [-0.3, -0.25) is 0 Å². The van der Waals surface area contributed by atoms with Gasteiger partial charge in [0.05, 0.1) is 5.02 Å². The van der Waals surface area contributed by atoms with E-state index in [-0.39, 0.29) is 16.4 Å². The fraction of sp³-hybridized carbons (Fsp3) is 0.235. The molecular weight excluding hydrogens is 335 g/mol. The summed E-state index contributed by atoms with van der Waals surface area (Å²) in [7, 11) is 0. The first-order chi connectivity index (χ1) is 11.0. The second-order valence-electron chi connectivity index (χ2n) is 5.39. The normalized spacial score (nSPS) is 17.3. The van der Waals surface area contributed by atoms with Gasteiger partial charge < -0.3 is 10.2 Å². The molecule has 0 saturated carbocycles. The van der Waals surface area contributed by atoms with E-state index in [4.69, 9.17) is 11.6 Å². The molecule has 0 bridgehead atoms. The van der Waals surface area contributed by atoms with Gasteiger partial charge in [-0.2, -0.15) is 0 Å². The molecule has 6 heteroatoms. The molecule has 1 aliphatic rings. The predicted octanol–water partition coefficient (Wildman–Crippen LogP) is 5.07. The molecule has 2 amide bonds. The van der Waals surface area contributed by atoms with Crippen molar-refractivity contribution >= 4 is 35.1 Å². The van der Waals surface area contributed by atoms with Crippen molar-refractivity contribution < 1.29 is 9.18 Å². The van der Waals surface area contributed by atoms with Crippen LogP contribution in [0.3, 0.4) is 0 Å². The van der Waals surface area contributed by atoms with E-state index in [9.17, 15) is 9.18 Å². The number of hydrogen-bond acceptors (Lipinski definition) is 2. The van der Waals surface area contributed by atoms with Gasteiger partial charge in [0.1, 0.15) is 11.2 Å². The summed E-state index contributed by atoms with van der Waals surface area (Å²) in [5, 5.41) is 2.77. The Hall–Kier alpha value is -1.72. The fourth-order valence-corrected chi connectivity index (χ4v) is 3.89. The van der Waals surface area contributed by atoms with Gasteiger partial charge in [0.2, 0.25) is 0 Å². The number of halogens is 2. The zero-order chi connectivity index (χ0) is 16.4. The Bertz CT molecular complexity index is 723. The van der Waals surface area contributed by atoms with Crippen molar-refractivity contribution in [3.63, 3.8) is 0 Å². The van der Waals surface area contributed by atoms with Gasteiger partial charge in [-0.05, 0) is 30.7 Å². The molecule has 3 rings (SSSR count). The second-order valence-corrected chi connectivity index (χ2v) is 6.98. The SMILES string of the molecule is Cc1ccc(C2SCCN2C(=O)Nc2ccc(F)c(Cl)c2)cc1. The number of rotatable bonds is 2. The molecule has 2 aromatic carbocycles. The molecular formula is C17H16ClFN2OS. The Labute approximate surface area is 143 Å². The summed E-state index contributed by atoms with van der Waals surface area (Å²) in [4.78, 5) is 14.3. The number of nitrogens with one attached hydrogen (secondary N) is 1. The molecule has 23 heavy (non-hydrogen) atoms. The molecule has 120 valence electrons. The predicted molar refractivity (Wildman–Crippen MR) is 93.5 cm³/mol. The highest BCUT2D eigenvalue weighted by atomic mass is 35.5. The van der Waals surface area contributed by atoms with E-state index in [1.165, 1.54) is 23.8 Å². The molecule has 0 aromatic heterocycles. The molecule has 3 nitrogen and oxygen atoms in total. The Morgan fingerprint density at radius 2 is 2.04 bits per heavy atom. The number of benzene rings is 2. The zero-order valence-electron chi connectivity index (χ0n) is 12.6. The third-order valence-electron chi connectivity index (χ3n) is 3.69. The third-order valence-corrected chi connectivity index (χ3v) is 5.24. The monoisotopic (exact) mass is 350 g/mol. The van der Waals surface area contributed by atoms with E-state index in [0.29, 0.717) is 12.2 Å². The van der Waals surface area contributed by atoms with Crippen LogP contribution in [0.5, 0.6) is 0 Å². The summed E-state index contributed by atoms with van der Waals surface area (Å²) < 4.78 is 13.2. The summed E-state index contributed by atoms with van der Waals surface area (Å²) in [5.74, 6) is 0.384. The van der Waals surface area contributed by atoms with Gasteiger partial charge in [-0.15, -0.1) is 11.8 Å². The lowest BCUT2D eigenvalue weighted by Crippen LogP contribution is -2.34. The summed E-state index contributed by atoms with van der Waals surface area (Å²) in [5.41, 5.74) is 2.78. The van der Waals surface area contributed by atoms with Crippen molar-refractivity contribution in [3.05, 3.63) is 64.4 Å². The van der Waals surface area contributed by atoms with Gasteiger partial charge in [0, 0.05) is 18.0 Å². The lowest BCUT2D eigenvalue weighted by atomic mass is 10.1. The number of aryl methyl sites for hydroxylation is 1. The largest absolute Gasteiger partial charge is 0.323 e. The molecule has 1 fully saturated rings. The van der Waals surface area contributed by atoms with Crippen LogP contribution in [-0.4, -0.2) is 23.2 Å². The number of nitrogens with zero attached hydrogens (tertiary/aromatic N) is 1. The number of carbonyl (C=O) groups excluding carboxylic acids is 1. The quantitative estimate of drug-likeness (QED) is 0.820. The highest BCUT2D eigenvalue weighted by Crippen LogP contribution is 2.38. The van der Waals surface area contributed by atoms with Crippen molar-refractivity contribution in [1.82, 2.24) is 4.90 Å². The topological polar surface area (TPSA) is 32.3 Å². The smallest absolute Gasteiger partial charge is 0.308 e. The lowest BCUT2D eigenvalue weighted by Gasteiger charge is -2.24. The molecule has 1 atom stereocenters. The first-order valence-corrected chi connectivity index (χ1v) is 8.68. The number of anilines is 1. The zero-order valence-corrected chi connectivity index (χ0v) is 14.1. The maximum Gasteiger partial charge on any atom is 0.323 e. The van der Waals surface area contributed by atoms with Crippen molar-refractivity contribution in [1.29, 1.82) is 0 Å². The van der Waals surface area contributed by atoms with Crippen molar-refractivity contribution in [2.45, 2.75) is 12.3 Å². The summed E-state index contributed by atoms with van der Waals surface area (Å²) >= 11 is 7.49. The molecule has 1 N–H and O–H groups in total. The van der Waals surface area contributed by atoms with Gasteiger partial charge in [-0.25, -0.2) is 9.18 Å². The molecule has 2 aromatic rings. The van der Waals surface area contributed by atoms with Crippen LogP contribution >= 0.6 is 23.4 Å². The molecule has 1 saturated heterocycles. The van der Waals surface area contributed by atoms with E-state index in [0.717, 1.165) is 11.3 Å². The minimum Gasteiger partial charge on any atom is -0.308 e. The van der Waals surface area contributed by atoms with Crippen LogP contribution in [0.25, 0.3) is 0 Å². The highest BCUT2D eigenvalue weighted by molar-refractivity contribution is 7.99. The van der Waals surface area contributed by atoms with Crippen LogP contribution in [0.1, 0.15) is 16.5 Å². The Morgan fingerprint density at radius 1 is 1.30 bits per heavy atom. The standard InChI is InChI=1S/C17H16ClFN2OS/c1-11-2-4-12(5-3-11)16-21(8-9-23-16)17(22)20-13-6-7-15(19)14(18)10-13/h2-7,10,16H,8-9H2,1H3,(H,20,22). The molecule has 1 unspecified atom stereocenters. The fourth-order valence-electron chi connectivity index (χ4n) is 2.45. The second kappa shape index (κ2) is 6.81.